The second-order valence-electron chi connectivity index (χ2n) is 10.4. The first-order chi connectivity index (χ1) is 21.3. The van der Waals surface area contributed by atoms with E-state index in [1.807, 2.05) is 97.1 Å². The van der Waals surface area contributed by atoms with E-state index in [1.165, 1.54) is 0 Å². The van der Waals surface area contributed by atoms with Crippen molar-refractivity contribution in [1.82, 2.24) is 0 Å². The van der Waals surface area contributed by atoms with Crippen LogP contribution in [0.25, 0.3) is 55.0 Å². The molecule has 5 nitrogen and oxygen atoms in total. The van der Waals surface area contributed by atoms with E-state index in [2.05, 4.69) is 47.6 Å². The van der Waals surface area contributed by atoms with Crippen LogP contribution in [-0.2, 0) is 0 Å². The Morgan fingerprint density at radius 1 is 0.488 bits per heavy atom. The number of nitrogens with two attached hydrogens (primary N) is 1. The molecule has 0 atom stereocenters. The number of rotatable bonds is 4. The number of hydrazone groups is 1. The van der Waals surface area contributed by atoms with Crippen LogP contribution in [-0.4, -0.2) is 11.5 Å². The molecule has 204 valence electrons. The van der Waals surface area contributed by atoms with Gasteiger partial charge in [0.05, 0.1) is 5.71 Å². The monoisotopic (exact) mass is 555 g/mol. The van der Waals surface area contributed by atoms with E-state index in [0.29, 0.717) is 5.84 Å². The average Bonchev–Trinajstić information content (AvgIpc) is 3.65. The highest BCUT2D eigenvalue weighted by molar-refractivity contribution is 6.29. The number of furan rings is 2. The highest BCUT2D eigenvalue weighted by atomic mass is 16.3. The van der Waals surface area contributed by atoms with E-state index in [-0.39, 0.29) is 0 Å². The van der Waals surface area contributed by atoms with Gasteiger partial charge in [-0.1, -0.05) is 115 Å². The van der Waals surface area contributed by atoms with Crippen molar-refractivity contribution in [3.05, 3.63) is 156 Å². The van der Waals surface area contributed by atoms with Gasteiger partial charge in [-0.25, -0.2) is 4.99 Å². The Labute approximate surface area is 247 Å². The van der Waals surface area contributed by atoms with Crippen molar-refractivity contribution in [3.63, 3.8) is 0 Å². The molecule has 0 fully saturated rings. The molecule has 0 aliphatic heterocycles. The van der Waals surface area contributed by atoms with Crippen molar-refractivity contribution >= 4 is 55.4 Å². The van der Waals surface area contributed by atoms with Gasteiger partial charge in [0.2, 0.25) is 0 Å². The average molecular weight is 556 g/mol. The molecule has 0 spiro atoms. The van der Waals surface area contributed by atoms with Gasteiger partial charge in [0.15, 0.2) is 5.84 Å². The fourth-order valence-electron chi connectivity index (χ4n) is 6.02. The van der Waals surface area contributed by atoms with Crippen molar-refractivity contribution < 1.29 is 8.83 Å². The predicted molar refractivity (Wildman–Crippen MR) is 176 cm³/mol. The first-order valence-corrected chi connectivity index (χ1v) is 14.1. The van der Waals surface area contributed by atoms with Crippen LogP contribution < -0.4 is 5.84 Å². The summed E-state index contributed by atoms with van der Waals surface area (Å²) in [5.41, 5.74) is 8.75. The van der Waals surface area contributed by atoms with Crippen LogP contribution in [0.4, 0.5) is 0 Å². The molecule has 0 saturated heterocycles. The van der Waals surface area contributed by atoms with E-state index in [1.54, 1.807) is 0 Å². The molecule has 2 N–H and O–H groups in total. The Morgan fingerprint density at radius 2 is 1.07 bits per heavy atom. The molecule has 0 radical (unpaired) electrons. The van der Waals surface area contributed by atoms with Crippen molar-refractivity contribution in [2.45, 2.75) is 0 Å². The van der Waals surface area contributed by atoms with Gasteiger partial charge in [-0.15, -0.1) is 0 Å². The Hall–Kier alpha value is -5.94. The van der Waals surface area contributed by atoms with E-state index in [4.69, 9.17) is 19.7 Å². The number of para-hydroxylation sites is 1. The molecule has 6 aromatic carbocycles. The Bertz CT molecular complexity index is 2350. The molecule has 2 heterocycles. The zero-order chi connectivity index (χ0) is 28.8. The molecule has 2 aromatic heterocycles. The number of benzene rings is 6. The van der Waals surface area contributed by atoms with Crippen LogP contribution >= 0.6 is 0 Å². The summed E-state index contributed by atoms with van der Waals surface area (Å²) in [5, 5.41) is 8.22. The Balaban J connectivity index is 1.41. The zero-order valence-electron chi connectivity index (χ0n) is 23.1. The molecule has 0 amide bonds. The summed E-state index contributed by atoms with van der Waals surface area (Å²) in [4.78, 5) is 5.24. The van der Waals surface area contributed by atoms with Crippen molar-refractivity contribution in [3.8, 4) is 11.1 Å². The van der Waals surface area contributed by atoms with E-state index in [0.717, 1.165) is 77.4 Å². The van der Waals surface area contributed by atoms with Gasteiger partial charge in [-0.2, -0.15) is 5.10 Å². The first-order valence-electron chi connectivity index (χ1n) is 14.1. The number of hydrogen-bond acceptors (Lipinski definition) is 4. The number of fused-ring (bicyclic) bond motifs is 6. The van der Waals surface area contributed by atoms with E-state index in [9.17, 15) is 0 Å². The zero-order valence-corrected chi connectivity index (χ0v) is 23.1. The summed E-state index contributed by atoms with van der Waals surface area (Å²) < 4.78 is 12.6. The molecular weight excluding hydrogens is 530 g/mol. The van der Waals surface area contributed by atoms with Gasteiger partial charge in [0.1, 0.15) is 22.3 Å². The molecule has 43 heavy (non-hydrogen) atoms. The maximum absolute atomic E-state index is 6.36. The lowest BCUT2D eigenvalue weighted by Crippen LogP contribution is -2.11. The molecule has 0 bridgehead atoms. The van der Waals surface area contributed by atoms with Crippen LogP contribution in [0.15, 0.2) is 158 Å². The summed E-state index contributed by atoms with van der Waals surface area (Å²) in [6.45, 7) is 0. The molecule has 0 unspecified atom stereocenters. The summed E-state index contributed by atoms with van der Waals surface area (Å²) in [7, 11) is 0. The van der Waals surface area contributed by atoms with Crippen LogP contribution in [0.5, 0.6) is 0 Å². The van der Waals surface area contributed by atoms with Gasteiger partial charge in [-0.3, -0.25) is 0 Å². The summed E-state index contributed by atoms with van der Waals surface area (Å²) in [6, 6.07) is 46.6. The lowest BCUT2D eigenvalue weighted by molar-refractivity contribution is 0.668. The predicted octanol–water partition coefficient (Wildman–Crippen LogP) is 9.31. The van der Waals surface area contributed by atoms with Gasteiger partial charge >= 0.3 is 0 Å². The van der Waals surface area contributed by atoms with Crippen molar-refractivity contribution in [1.29, 1.82) is 0 Å². The summed E-state index contributed by atoms with van der Waals surface area (Å²) >= 11 is 0. The van der Waals surface area contributed by atoms with Crippen LogP contribution in [0.3, 0.4) is 0 Å². The number of aliphatic imine (C=N–C) groups is 1. The fourth-order valence-corrected chi connectivity index (χ4v) is 6.02. The molecule has 0 aliphatic rings. The summed E-state index contributed by atoms with van der Waals surface area (Å²) in [6.07, 6.45) is 0. The molecule has 8 aromatic rings. The molecule has 0 saturated carbocycles. The fraction of sp³-hybridized carbons (Fsp3) is 0. The molecular formula is C38H25N3O2. The minimum absolute atomic E-state index is 0.403. The largest absolute Gasteiger partial charge is 0.456 e. The van der Waals surface area contributed by atoms with Crippen molar-refractivity contribution in [2.75, 3.05) is 0 Å². The minimum Gasteiger partial charge on any atom is -0.456 e. The van der Waals surface area contributed by atoms with Crippen molar-refractivity contribution in [2.24, 2.45) is 15.9 Å². The van der Waals surface area contributed by atoms with Crippen LogP contribution in [0.1, 0.15) is 16.7 Å². The highest BCUT2D eigenvalue weighted by Gasteiger charge is 2.21. The third kappa shape index (κ3) is 4.10. The SMILES string of the molecule is N/N=C(\N=C(c1ccccc1)c1cccc2oc3ccccc3c12)c1cccc2oc3cccc(-c4ccccc4)c3c12. The molecule has 8 rings (SSSR count). The van der Waals surface area contributed by atoms with Gasteiger partial charge in [0.25, 0.3) is 0 Å². The lowest BCUT2D eigenvalue weighted by atomic mass is 9.96. The Kier molecular flexibility index (Phi) is 5.86. The number of amidine groups is 1. The van der Waals surface area contributed by atoms with E-state index < -0.39 is 0 Å². The van der Waals surface area contributed by atoms with Crippen LogP contribution in [0.2, 0.25) is 0 Å². The Morgan fingerprint density at radius 3 is 1.84 bits per heavy atom. The third-order valence-corrected chi connectivity index (χ3v) is 7.89. The number of nitrogens with zero attached hydrogens (tertiary/aromatic N) is 2. The normalized spacial score (nSPS) is 12.6. The topological polar surface area (TPSA) is 77.0 Å². The maximum atomic E-state index is 6.36. The van der Waals surface area contributed by atoms with Crippen LogP contribution in [0, 0.1) is 0 Å². The summed E-state index contributed by atoms with van der Waals surface area (Å²) in [5.74, 6) is 6.58. The third-order valence-electron chi connectivity index (χ3n) is 7.89. The molecule has 5 heteroatoms. The minimum atomic E-state index is 0.403. The highest BCUT2D eigenvalue weighted by Crippen LogP contribution is 2.39. The van der Waals surface area contributed by atoms with Gasteiger partial charge in [0, 0.05) is 38.2 Å². The number of hydrogen-bond donors (Lipinski definition) is 1. The van der Waals surface area contributed by atoms with Gasteiger partial charge in [-0.05, 0) is 35.4 Å². The smallest absolute Gasteiger partial charge is 0.180 e. The first kappa shape index (κ1) is 24.8. The molecule has 0 aliphatic carbocycles. The quantitative estimate of drug-likeness (QED) is 0.102. The maximum Gasteiger partial charge on any atom is 0.180 e. The second kappa shape index (κ2) is 10.2. The standard InChI is InChI=1S/C38H25N3O2/c39-41-38(29-19-11-23-33-36(29)35-26(17-9-22-32(35)43-33)24-12-3-1-4-13-24)40-37(25-14-5-2-6-15-25)28-18-10-21-31-34(28)27-16-7-8-20-30(27)42-31/h1-23H,39H2/b40-37?,41-38-. The van der Waals surface area contributed by atoms with Gasteiger partial charge < -0.3 is 14.7 Å². The lowest BCUT2D eigenvalue weighted by Gasteiger charge is -2.11. The second-order valence-corrected chi connectivity index (χ2v) is 10.4. The van der Waals surface area contributed by atoms with E-state index >= 15 is 0 Å².